The van der Waals surface area contributed by atoms with Crippen LogP contribution in [-0.4, -0.2) is 251 Å². The van der Waals surface area contributed by atoms with Crippen molar-refractivity contribution in [3.05, 3.63) is 283 Å². The predicted octanol–water partition coefficient (Wildman–Crippen LogP) is 17.7. The number of ether oxygens (including phenoxy) is 10. The third kappa shape index (κ3) is 24.7. The summed E-state index contributed by atoms with van der Waals surface area (Å²) in [5.41, 5.74) is 11.2. The molecule has 0 saturated carbocycles. The van der Waals surface area contributed by atoms with Crippen molar-refractivity contribution in [2.24, 2.45) is 0 Å². The lowest BCUT2D eigenvalue weighted by atomic mass is 9.75. The molecule has 8 heterocycles. The Morgan fingerprint density at radius 3 is 1.14 bits per heavy atom. The highest BCUT2D eigenvalue weighted by Gasteiger charge is 2.53. The fourth-order valence-corrected chi connectivity index (χ4v) is 18.7. The highest BCUT2D eigenvalue weighted by molar-refractivity contribution is 7.86. The first-order valence-corrected chi connectivity index (χ1v) is 50.3. The first-order valence-electron chi connectivity index (χ1n) is 48.5. The van der Waals surface area contributed by atoms with Gasteiger partial charge in [-0.3, -0.25) is 67.8 Å². The largest absolute Gasteiger partial charge is 0.493 e. The summed E-state index contributed by atoms with van der Waals surface area (Å²) in [5, 5.41) is 0. The lowest BCUT2D eigenvalue weighted by molar-refractivity contribution is -0.442. The third-order valence-corrected chi connectivity index (χ3v) is 26.9. The molecule has 0 atom stereocenters. The molecule has 0 aromatic heterocycles. The second kappa shape index (κ2) is 45.8. The molecule has 0 spiro atoms. The van der Waals surface area contributed by atoms with Gasteiger partial charge in [-0.15, -0.1) is 0 Å². The molecule has 0 radical (unpaired) electrons. The molecule has 35 heteroatoms. The molecule has 9 aromatic rings. The quantitative estimate of drug-likeness (QED) is 0.0235. The lowest BCUT2D eigenvalue weighted by Gasteiger charge is -2.32. The average Bonchev–Trinajstić information content (AvgIpc) is 1.66. The molecular formula is C112H126BN8O25S+. The zero-order valence-electron chi connectivity index (χ0n) is 86.5. The minimum Gasteiger partial charge on any atom is -0.493 e. The topological polar surface area (TPSA) is 351 Å². The second-order valence-corrected chi connectivity index (χ2v) is 40.8. The number of benzene rings is 9. The molecule has 10 amide bonds. The number of hydrogen-bond acceptors (Lipinski definition) is 26. The van der Waals surface area contributed by atoms with E-state index >= 15 is 0 Å². The SMILES string of the molecule is CC(C)(C)OC(=O)N1CC=C(B2OC(C)(C)C(C)(C)O2)CC1.COc1ccc(CN2C(=O)c3cccc(C4=CCCCC4)c3C2=O)cc1OC.COc1ccc(CN2C(=O)c3cccc(C4=CCN(Cc5ccccc5)CC4)c3C2=O)cc1OC.COc1ccc(CN2C(=O)c3cccc(OS(C)(=O)=O)c3C2=O)cc1OC.COc1ccc(CN2C(=O)c3cccc([N+]4=CCN(C(=O)OC(C)(C)C)CC4)c3C2=O)cc1OC. The lowest BCUT2D eigenvalue weighted by Crippen LogP contribution is -2.44. The highest BCUT2D eigenvalue weighted by atomic mass is 32.2. The Labute approximate surface area is 857 Å². The Kier molecular flexibility index (Phi) is 33.6. The molecule has 1 aliphatic carbocycles. The number of imide groups is 4. The van der Waals surface area contributed by atoms with Gasteiger partial charge in [-0.1, -0.05) is 109 Å². The van der Waals surface area contributed by atoms with Crippen molar-refractivity contribution in [2.45, 2.75) is 163 Å². The van der Waals surface area contributed by atoms with Crippen LogP contribution in [0, 0.1) is 0 Å². The Morgan fingerprint density at radius 2 is 0.762 bits per heavy atom. The maximum atomic E-state index is 13.5. The summed E-state index contributed by atoms with van der Waals surface area (Å²) >= 11 is 0. The van der Waals surface area contributed by atoms with E-state index in [2.05, 4.69) is 41.3 Å². The highest BCUT2D eigenvalue weighted by Crippen LogP contribution is 2.44. The zero-order valence-corrected chi connectivity index (χ0v) is 87.4. The molecule has 1 saturated heterocycles. The molecule has 8 aliphatic heterocycles. The van der Waals surface area contributed by atoms with Crippen molar-refractivity contribution in [3.63, 3.8) is 0 Å². The van der Waals surface area contributed by atoms with Crippen molar-refractivity contribution >= 4 is 99.7 Å². The van der Waals surface area contributed by atoms with Crippen LogP contribution in [0.5, 0.6) is 51.7 Å². The van der Waals surface area contributed by atoms with Crippen LogP contribution in [0.3, 0.4) is 0 Å². The number of rotatable bonds is 24. The van der Waals surface area contributed by atoms with Crippen molar-refractivity contribution in [1.29, 1.82) is 0 Å². The number of fused-ring (bicyclic) bond motifs is 4. The Hall–Kier alpha value is -14.9. The molecule has 33 nitrogen and oxygen atoms in total. The number of methoxy groups -OCH3 is 8. The van der Waals surface area contributed by atoms with Crippen LogP contribution >= 0.6 is 0 Å². The van der Waals surface area contributed by atoms with Gasteiger partial charge in [-0.05, 0) is 242 Å². The number of hydrogen-bond donors (Lipinski definition) is 0. The first-order chi connectivity index (χ1) is 70.0. The molecule has 772 valence electrons. The van der Waals surface area contributed by atoms with Gasteiger partial charge in [-0.25, -0.2) is 9.59 Å². The maximum Gasteiger partial charge on any atom is 0.490 e. The third-order valence-electron chi connectivity index (χ3n) is 26.4. The van der Waals surface area contributed by atoms with E-state index in [9.17, 15) is 56.4 Å². The van der Waals surface area contributed by atoms with E-state index in [0.717, 1.165) is 102 Å². The van der Waals surface area contributed by atoms with Crippen LogP contribution in [0.15, 0.2) is 200 Å². The van der Waals surface area contributed by atoms with Crippen LogP contribution < -0.4 is 42.1 Å². The molecule has 0 bridgehead atoms. The molecule has 18 rings (SSSR count). The van der Waals surface area contributed by atoms with E-state index in [1.165, 1.54) is 71.8 Å². The van der Waals surface area contributed by atoms with Crippen molar-refractivity contribution in [3.8, 4) is 51.7 Å². The van der Waals surface area contributed by atoms with Gasteiger partial charge in [0.2, 0.25) is 5.69 Å². The number of carbonyl (C=O) groups excluding carboxylic acids is 10. The molecule has 0 unspecified atom stereocenters. The predicted molar refractivity (Wildman–Crippen MR) is 552 cm³/mol. The summed E-state index contributed by atoms with van der Waals surface area (Å²) in [6.45, 7) is 24.8. The molecular weight excluding hydrogens is 1900 g/mol. The van der Waals surface area contributed by atoms with E-state index < -0.39 is 33.1 Å². The van der Waals surface area contributed by atoms with Gasteiger partial charge in [0.05, 0.1) is 146 Å². The van der Waals surface area contributed by atoms with E-state index in [0.29, 0.717) is 123 Å². The fraction of sp³-hybridized carbons (Fsp3) is 0.366. The summed E-state index contributed by atoms with van der Waals surface area (Å²) in [5.74, 6) is 1.47. The summed E-state index contributed by atoms with van der Waals surface area (Å²) in [7, 11) is 8.19. The van der Waals surface area contributed by atoms with Gasteiger partial charge in [0, 0.05) is 38.8 Å². The van der Waals surface area contributed by atoms with Gasteiger partial charge >= 0.3 is 29.4 Å². The van der Waals surface area contributed by atoms with Gasteiger partial charge in [0.1, 0.15) is 23.3 Å². The first kappa shape index (κ1) is 108. The Bertz CT molecular complexity index is 6820. The van der Waals surface area contributed by atoms with Crippen molar-refractivity contribution < 1.29 is 122 Å². The summed E-state index contributed by atoms with van der Waals surface area (Å²) in [4.78, 5) is 140. The van der Waals surface area contributed by atoms with E-state index in [-0.39, 0.29) is 109 Å². The minimum atomic E-state index is -3.85. The monoisotopic (exact) mass is 2030 g/mol. The van der Waals surface area contributed by atoms with E-state index in [1.807, 2.05) is 135 Å². The number of carbonyl (C=O) groups is 10. The number of allylic oxidation sites excluding steroid dienone is 2. The van der Waals surface area contributed by atoms with Crippen molar-refractivity contribution in [1.82, 2.24) is 34.3 Å². The summed E-state index contributed by atoms with van der Waals surface area (Å²) in [6, 6.07) is 52.3. The van der Waals surface area contributed by atoms with Gasteiger partial charge in [0.25, 0.3) is 47.3 Å². The minimum absolute atomic E-state index is 0.00891. The molecule has 147 heavy (non-hydrogen) atoms. The molecule has 0 N–H and O–H groups in total. The number of amides is 10. The molecule has 9 aromatic carbocycles. The van der Waals surface area contributed by atoms with E-state index in [4.69, 9.17) is 60.9 Å². The average molecular weight is 2030 g/mol. The van der Waals surface area contributed by atoms with E-state index in [1.54, 1.807) is 130 Å². The Balaban J connectivity index is 0.000000147. The standard InChI is InChI=1S/C29H28N2O4.C26H30N3O6.C23H23NO4.C18H17NO7S.C16H28BNO4/c1-34-25-12-11-21(17-26(25)35-2)19-31-28(32)24-10-6-9-23(27(24)29(31)33)22-13-15-30(16-14-22)18-20-7-4-3-5-8-20;1-26(2,3)35-25(32)28-13-11-27(12-14-28)19-8-6-7-18-22(19)24(31)29(23(18)30)16-17-9-10-20(33-4)21(15-17)34-5;1-27-19-12-11-15(13-20(19)28-2)14-24-22(25)18-10-6-9-17(21(18)23(24)26)16-7-4-3-5-8-16;1-24-13-8-7-11(9-15(13)25-2)10-19-17(20)12-5-4-6-14(16(12)18(19)21)26-27(3,22)23;1-14(2,3)20-13(19)18-10-8-12(9-11-18)17-21-15(4,5)16(6,7)22-17/h3-13,17H,14-16,18-19H2,1-2H3;6-11,15H,12-14,16H2,1-5H3;6-7,9-13H,3-5,8,14H2,1-2H3;4-9H,10H2,1-3H3;8H,9-11H2,1-7H3/q;+1;;;. The zero-order chi connectivity index (χ0) is 106. The second-order valence-electron chi connectivity index (χ2n) is 39.2. The fourth-order valence-electron chi connectivity index (χ4n) is 18.2. The maximum absolute atomic E-state index is 13.5. The van der Waals surface area contributed by atoms with Crippen LogP contribution in [0.25, 0.3) is 11.1 Å². The van der Waals surface area contributed by atoms with Crippen LogP contribution in [0.2, 0.25) is 0 Å². The molecule has 1 fully saturated rings. The van der Waals surface area contributed by atoms with Gasteiger partial charge < -0.3 is 65.8 Å². The summed E-state index contributed by atoms with van der Waals surface area (Å²) in [6.07, 6.45) is 14.3. The molecule has 9 aliphatic rings. The van der Waals surface area contributed by atoms with Crippen LogP contribution in [0.1, 0.15) is 230 Å². The van der Waals surface area contributed by atoms with Gasteiger partial charge in [-0.2, -0.15) is 13.0 Å². The normalized spacial score (nSPS) is 16.6. The smallest absolute Gasteiger partial charge is 0.490 e. The van der Waals surface area contributed by atoms with Gasteiger partial charge in [0.15, 0.2) is 64.5 Å². The van der Waals surface area contributed by atoms with Crippen LogP contribution in [-0.2, 0) is 61.6 Å². The van der Waals surface area contributed by atoms with Crippen molar-refractivity contribution in [2.75, 3.05) is 109 Å². The summed E-state index contributed by atoms with van der Waals surface area (Å²) < 4.78 is 94.9. The Morgan fingerprint density at radius 1 is 0.374 bits per heavy atom. The number of nitrogens with zero attached hydrogens (tertiary/aromatic N) is 8. The van der Waals surface area contributed by atoms with Crippen LogP contribution in [0.4, 0.5) is 15.3 Å².